The third-order valence-electron chi connectivity index (χ3n) is 8.42. The molecule has 9 nitrogen and oxygen atoms in total. The van der Waals surface area contributed by atoms with Crippen LogP contribution in [-0.2, 0) is 32.8 Å². The van der Waals surface area contributed by atoms with Crippen molar-refractivity contribution in [3.63, 3.8) is 0 Å². The second kappa shape index (κ2) is 12.5. The maximum atomic E-state index is 7.07. The summed E-state index contributed by atoms with van der Waals surface area (Å²) in [5, 5.41) is 7.02. The Morgan fingerprint density at radius 2 is 1.77 bits per heavy atom. The third-order valence-corrected chi connectivity index (χ3v) is 14.6. The molecule has 0 aromatic carbocycles. The smallest absolute Gasteiger partial charge is 0.282 e. The first-order chi connectivity index (χ1) is 18.3. The highest BCUT2D eigenvalue weighted by molar-refractivity contribution is 6.76. The quantitative estimate of drug-likeness (QED) is 0.0838. The number of nitrogens with zero attached hydrogens (tertiary/aromatic N) is 2. The van der Waals surface area contributed by atoms with Crippen LogP contribution in [0.5, 0.6) is 0 Å². The standard InChI is InChI=1S/C29H56N2O7Si2/c1-21(2)14-15-29-25(30-31(7)16-17-32-8)23-22(37-40(12,13)27(3,4)5)24(36-28(6,35-23)38-29)26(29)34-20-33-18-19-39(9,10)11/h14,22-24,26H,15-20H2,1-13H3/b30-25+/t22-,23?,24?,26?,28?,29-/m1/s1. The SMILES string of the molecule is COCCN(C)/N=C1\C2OC3(C)OC(C(OCOCC[Si](C)(C)C)[C@]1(CC=C(C)C)O3)[C@@H]2O[Si](C)(C)C(C)(C)C. The zero-order chi connectivity index (χ0) is 30.1. The van der Waals surface area contributed by atoms with E-state index in [1.165, 1.54) is 5.57 Å². The van der Waals surface area contributed by atoms with E-state index in [4.69, 9.17) is 37.9 Å². The van der Waals surface area contributed by atoms with Crippen LogP contribution in [0.3, 0.4) is 0 Å². The maximum absolute atomic E-state index is 7.07. The first-order valence-electron chi connectivity index (χ1n) is 14.7. The molecule has 0 spiro atoms. The minimum absolute atomic E-state index is 0.00465. The second-order valence-corrected chi connectivity index (χ2v) is 25.0. The average molecular weight is 601 g/mol. The number of hydrazone groups is 1. The van der Waals surface area contributed by atoms with Crippen LogP contribution in [0.4, 0.5) is 0 Å². The number of rotatable bonds is 14. The van der Waals surface area contributed by atoms with Crippen LogP contribution in [0.15, 0.2) is 16.8 Å². The molecule has 1 aliphatic carbocycles. The molecule has 232 valence electrons. The molecule has 4 aliphatic rings. The topological polar surface area (TPSA) is 80.2 Å². The number of hydrogen-bond donors (Lipinski definition) is 0. The second-order valence-electron chi connectivity index (χ2n) is 14.6. The summed E-state index contributed by atoms with van der Waals surface area (Å²) in [5.74, 6) is -1.22. The van der Waals surface area contributed by atoms with E-state index in [1.54, 1.807) is 7.11 Å². The Hall–Kier alpha value is -0.636. The Kier molecular flexibility index (Phi) is 10.6. The van der Waals surface area contributed by atoms with Gasteiger partial charge < -0.3 is 32.8 Å². The lowest BCUT2D eigenvalue weighted by atomic mass is 9.71. The van der Waals surface area contributed by atoms with Gasteiger partial charge in [-0.25, -0.2) is 0 Å². The Morgan fingerprint density at radius 3 is 2.35 bits per heavy atom. The largest absolute Gasteiger partial charge is 0.408 e. The van der Waals surface area contributed by atoms with Gasteiger partial charge in [-0.2, -0.15) is 5.10 Å². The molecule has 6 atom stereocenters. The molecule has 1 saturated carbocycles. The molecule has 3 saturated heterocycles. The highest BCUT2D eigenvalue weighted by Gasteiger charge is 2.73. The van der Waals surface area contributed by atoms with Crippen LogP contribution < -0.4 is 0 Å². The highest BCUT2D eigenvalue weighted by atomic mass is 28.4. The van der Waals surface area contributed by atoms with Crippen LogP contribution in [-0.4, -0.2) is 104 Å². The number of ether oxygens (including phenoxy) is 6. The normalized spacial score (nSPS) is 33.1. The molecule has 3 heterocycles. The van der Waals surface area contributed by atoms with Crippen molar-refractivity contribution in [2.75, 3.05) is 40.7 Å². The summed E-state index contributed by atoms with van der Waals surface area (Å²) in [4.78, 5) is 0. The summed E-state index contributed by atoms with van der Waals surface area (Å²) in [6.45, 7) is 26.3. The first kappa shape index (κ1) is 33.9. The first-order valence-corrected chi connectivity index (χ1v) is 21.3. The Balaban J connectivity index is 2.06. The van der Waals surface area contributed by atoms with Crippen molar-refractivity contribution in [2.45, 2.75) is 128 Å². The number of methoxy groups -OCH3 is 1. The van der Waals surface area contributed by atoms with Crippen molar-refractivity contribution < 1.29 is 32.8 Å². The molecule has 0 aromatic rings. The predicted octanol–water partition coefficient (Wildman–Crippen LogP) is 5.61. The Bertz CT molecular complexity index is 928. The van der Waals surface area contributed by atoms with Crippen molar-refractivity contribution in [3.05, 3.63) is 11.6 Å². The van der Waals surface area contributed by atoms with Crippen LogP contribution in [0.1, 0.15) is 48.0 Å². The molecular weight excluding hydrogens is 544 g/mol. The summed E-state index contributed by atoms with van der Waals surface area (Å²) < 4.78 is 44.8. The summed E-state index contributed by atoms with van der Waals surface area (Å²) in [7, 11) is 0.199. The molecule has 40 heavy (non-hydrogen) atoms. The zero-order valence-electron chi connectivity index (χ0n) is 27.4. The molecule has 0 radical (unpaired) electrons. The third kappa shape index (κ3) is 7.65. The number of allylic oxidation sites excluding steroid dienone is 1. The van der Waals surface area contributed by atoms with Gasteiger partial charge in [0.25, 0.3) is 5.97 Å². The molecule has 3 aliphatic heterocycles. The molecule has 4 bridgehead atoms. The minimum Gasteiger partial charge on any atom is -0.408 e. The fraction of sp³-hybridized carbons (Fsp3) is 0.897. The van der Waals surface area contributed by atoms with E-state index >= 15 is 0 Å². The Morgan fingerprint density at radius 1 is 1.10 bits per heavy atom. The number of likely N-dealkylation sites (N-methyl/N-ethyl adjacent to an activating group) is 1. The molecular formula is C29H56N2O7Si2. The van der Waals surface area contributed by atoms with E-state index in [0.717, 1.165) is 11.8 Å². The van der Waals surface area contributed by atoms with Gasteiger partial charge in [-0.3, -0.25) is 5.01 Å². The van der Waals surface area contributed by atoms with E-state index in [0.29, 0.717) is 26.2 Å². The molecule has 11 heteroatoms. The molecule has 0 aromatic heterocycles. The van der Waals surface area contributed by atoms with Gasteiger partial charge in [0.1, 0.15) is 42.5 Å². The minimum atomic E-state index is -2.22. The molecule has 4 unspecified atom stereocenters. The van der Waals surface area contributed by atoms with Crippen molar-refractivity contribution in [1.82, 2.24) is 5.01 Å². The van der Waals surface area contributed by atoms with Gasteiger partial charge in [-0.15, -0.1) is 0 Å². The summed E-state index contributed by atoms with van der Waals surface area (Å²) in [6.07, 6.45) is 1.05. The van der Waals surface area contributed by atoms with Gasteiger partial charge in [0, 0.05) is 42.2 Å². The lowest BCUT2D eigenvalue weighted by Crippen LogP contribution is -2.83. The van der Waals surface area contributed by atoms with E-state index in [-0.39, 0.29) is 17.9 Å². The van der Waals surface area contributed by atoms with E-state index in [9.17, 15) is 0 Å². The van der Waals surface area contributed by atoms with Gasteiger partial charge in [0.2, 0.25) is 0 Å². The fourth-order valence-corrected chi connectivity index (χ4v) is 7.10. The van der Waals surface area contributed by atoms with Crippen LogP contribution in [0.25, 0.3) is 0 Å². The average Bonchev–Trinajstić information content (AvgIpc) is 2.80. The molecule has 0 N–H and O–H groups in total. The zero-order valence-corrected chi connectivity index (χ0v) is 29.4. The van der Waals surface area contributed by atoms with Crippen molar-refractivity contribution in [2.24, 2.45) is 5.10 Å². The van der Waals surface area contributed by atoms with Gasteiger partial charge in [-0.05, 0) is 38.0 Å². The van der Waals surface area contributed by atoms with Gasteiger partial charge in [-0.1, -0.05) is 52.1 Å². The van der Waals surface area contributed by atoms with Gasteiger partial charge in [0.15, 0.2) is 8.32 Å². The van der Waals surface area contributed by atoms with E-state index in [2.05, 4.69) is 73.4 Å². The van der Waals surface area contributed by atoms with E-state index in [1.807, 2.05) is 19.0 Å². The van der Waals surface area contributed by atoms with Gasteiger partial charge >= 0.3 is 0 Å². The van der Waals surface area contributed by atoms with Crippen molar-refractivity contribution in [3.8, 4) is 0 Å². The lowest BCUT2D eigenvalue weighted by Gasteiger charge is -2.65. The Labute approximate surface area is 245 Å². The van der Waals surface area contributed by atoms with Crippen molar-refractivity contribution >= 4 is 22.1 Å². The van der Waals surface area contributed by atoms with E-state index < -0.39 is 46.3 Å². The highest BCUT2D eigenvalue weighted by Crippen LogP contribution is 2.54. The van der Waals surface area contributed by atoms with Crippen LogP contribution >= 0.6 is 0 Å². The maximum Gasteiger partial charge on any atom is 0.282 e. The van der Waals surface area contributed by atoms with Crippen molar-refractivity contribution in [1.29, 1.82) is 0 Å². The lowest BCUT2D eigenvalue weighted by molar-refractivity contribution is -0.510. The molecule has 4 fully saturated rings. The summed E-state index contributed by atoms with van der Waals surface area (Å²) in [5.41, 5.74) is 1.07. The summed E-state index contributed by atoms with van der Waals surface area (Å²) in [6, 6.07) is 1.07. The van der Waals surface area contributed by atoms with Gasteiger partial charge in [0.05, 0.1) is 13.2 Å². The summed E-state index contributed by atoms with van der Waals surface area (Å²) >= 11 is 0. The monoisotopic (exact) mass is 600 g/mol. The van der Waals surface area contributed by atoms with Crippen LogP contribution in [0, 0.1) is 0 Å². The number of hydrogen-bond acceptors (Lipinski definition) is 9. The van der Waals surface area contributed by atoms with Crippen LogP contribution in [0.2, 0.25) is 43.8 Å². The molecule has 0 amide bonds. The predicted molar refractivity (Wildman–Crippen MR) is 164 cm³/mol. The fourth-order valence-electron chi connectivity index (χ4n) is 5.05. The molecule has 4 rings (SSSR count).